The molecule has 1 heterocycles. The number of hydrogen-bond donors (Lipinski definition) is 1. The highest BCUT2D eigenvalue weighted by atomic mass is 32.2. The third-order valence-corrected chi connectivity index (χ3v) is 5.69. The maximum Gasteiger partial charge on any atom is 0.230 e. The summed E-state index contributed by atoms with van der Waals surface area (Å²) in [6.45, 7) is 2.44. The molecule has 0 bridgehead atoms. The lowest BCUT2D eigenvalue weighted by molar-refractivity contribution is -0.118. The van der Waals surface area contributed by atoms with Gasteiger partial charge >= 0.3 is 0 Å². The molecule has 0 aliphatic rings. The van der Waals surface area contributed by atoms with Gasteiger partial charge in [-0.1, -0.05) is 78.5 Å². The van der Waals surface area contributed by atoms with Crippen molar-refractivity contribution in [3.05, 3.63) is 102 Å². The van der Waals surface area contributed by atoms with Crippen molar-refractivity contribution in [2.45, 2.75) is 24.7 Å². The molecular weight excluding hydrogens is 420 g/mol. The lowest BCUT2D eigenvalue weighted by Crippen LogP contribution is -2.24. The standard InChI is InChI=1S/C25H24N4O2S/c1-19(31-22-15-9-4-10-16-22)24-27-28-25(29(24)21-13-7-3-8-14-21)32-18-23(30)26-17-20-11-5-2-6-12-20/h2-16,19H,17-18H2,1H3,(H,26,30)/t19-/m1/s1. The van der Waals surface area contributed by atoms with Crippen LogP contribution in [0.1, 0.15) is 24.4 Å². The Balaban J connectivity index is 1.48. The summed E-state index contributed by atoms with van der Waals surface area (Å²) >= 11 is 1.35. The number of rotatable bonds is 9. The molecular formula is C25H24N4O2S. The van der Waals surface area contributed by atoms with Crippen LogP contribution in [0.15, 0.2) is 96.2 Å². The molecule has 0 aliphatic heterocycles. The minimum absolute atomic E-state index is 0.0587. The molecule has 0 saturated heterocycles. The number of benzene rings is 3. The number of amides is 1. The molecule has 4 aromatic rings. The lowest BCUT2D eigenvalue weighted by Gasteiger charge is -2.16. The number of aromatic nitrogens is 3. The van der Waals surface area contributed by atoms with Crippen molar-refractivity contribution in [1.29, 1.82) is 0 Å². The van der Waals surface area contributed by atoms with E-state index in [1.54, 1.807) is 0 Å². The predicted octanol–water partition coefficient (Wildman–Crippen LogP) is 4.82. The van der Waals surface area contributed by atoms with Crippen molar-refractivity contribution >= 4 is 17.7 Å². The monoisotopic (exact) mass is 444 g/mol. The molecule has 6 nitrogen and oxygen atoms in total. The van der Waals surface area contributed by atoms with E-state index in [1.807, 2.05) is 102 Å². The van der Waals surface area contributed by atoms with E-state index >= 15 is 0 Å². The Morgan fingerprint density at radius 3 is 2.25 bits per heavy atom. The Morgan fingerprint density at radius 2 is 1.56 bits per heavy atom. The summed E-state index contributed by atoms with van der Waals surface area (Å²) < 4.78 is 8.02. The Kier molecular flexibility index (Phi) is 7.19. The maximum absolute atomic E-state index is 12.4. The van der Waals surface area contributed by atoms with Crippen LogP contribution in [-0.2, 0) is 11.3 Å². The van der Waals surface area contributed by atoms with Gasteiger partial charge in [0.2, 0.25) is 5.91 Å². The first kappa shape index (κ1) is 21.6. The third kappa shape index (κ3) is 5.56. The number of hydrogen-bond acceptors (Lipinski definition) is 5. The fourth-order valence-corrected chi connectivity index (χ4v) is 3.98. The van der Waals surface area contributed by atoms with Crippen molar-refractivity contribution in [1.82, 2.24) is 20.1 Å². The minimum Gasteiger partial charge on any atom is -0.483 e. The summed E-state index contributed by atoms with van der Waals surface area (Å²) in [5.74, 6) is 1.62. The van der Waals surface area contributed by atoms with E-state index < -0.39 is 0 Å². The zero-order chi connectivity index (χ0) is 22.2. The Hall–Kier alpha value is -3.58. The summed E-state index contributed by atoms with van der Waals surface area (Å²) in [6, 6.07) is 29.3. The van der Waals surface area contributed by atoms with Gasteiger partial charge in [-0.2, -0.15) is 0 Å². The number of nitrogens with one attached hydrogen (secondary N) is 1. The van der Waals surface area contributed by atoms with Crippen molar-refractivity contribution in [2.75, 3.05) is 5.75 Å². The molecule has 0 radical (unpaired) electrons. The number of ether oxygens (including phenoxy) is 1. The first-order valence-corrected chi connectivity index (χ1v) is 11.3. The van der Waals surface area contributed by atoms with E-state index in [1.165, 1.54) is 11.8 Å². The normalized spacial score (nSPS) is 11.7. The second kappa shape index (κ2) is 10.6. The molecule has 1 aromatic heterocycles. The van der Waals surface area contributed by atoms with Gasteiger partial charge in [0.15, 0.2) is 17.1 Å². The number of para-hydroxylation sites is 2. The van der Waals surface area contributed by atoms with Crippen LogP contribution in [0, 0.1) is 0 Å². The van der Waals surface area contributed by atoms with Gasteiger partial charge in [-0.3, -0.25) is 9.36 Å². The molecule has 3 aromatic carbocycles. The van der Waals surface area contributed by atoms with Crippen LogP contribution in [-0.4, -0.2) is 26.4 Å². The highest BCUT2D eigenvalue weighted by molar-refractivity contribution is 7.99. The van der Waals surface area contributed by atoms with Gasteiger partial charge in [-0.15, -0.1) is 10.2 Å². The van der Waals surface area contributed by atoms with Crippen molar-refractivity contribution in [3.63, 3.8) is 0 Å². The van der Waals surface area contributed by atoms with Gasteiger partial charge in [-0.25, -0.2) is 0 Å². The van der Waals surface area contributed by atoms with E-state index in [4.69, 9.17) is 4.74 Å². The second-order valence-electron chi connectivity index (χ2n) is 7.14. The average molecular weight is 445 g/mol. The zero-order valence-corrected chi connectivity index (χ0v) is 18.5. The number of thioether (sulfide) groups is 1. The Morgan fingerprint density at radius 1 is 0.938 bits per heavy atom. The molecule has 0 fully saturated rings. The summed E-state index contributed by atoms with van der Waals surface area (Å²) in [5, 5.41) is 12.3. The number of nitrogens with zero attached hydrogens (tertiary/aromatic N) is 3. The van der Waals surface area contributed by atoms with Gasteiger partial charge in [0.25, 0.3) is 0 Å². The first-order valence-electron chi connectivity index (χ1n) is 10.4. The van der Waals surface area contributed by atoms with Gasteiger partial charge in [0.05, 0.1) is 5.75 Å². The van der Waals surface area contributed by atoms with Crippen LogP contribution >= 0.6 is 11.8 Å². The SMILES string of the molecule is C[C@@H](Oc1ccccc1)c1nnc(SCC(=O)NCc2ccccc2)n1-c1ccccc1. The van der Waals surface area contributed by atoms with Crippen molar-refractivity contribution in [3.8, 4) is 11.4 Å². The fraction of sp³-hybridized carbons (Fsp3) is 0.160. The third-order valence-electron chi connectivity index (χ3n) is 4.76. The zero-order valence-electron chi connectivity index (χ0n) is 17.7. The molecule has 162 valence electrons. The molecule has 0 saturated carbocycles. The first-order chi connectivity index (χ1) is 15.7. The minimum atomic E-state index is -0.327. The predicted molar refractivity (Wildman–Crippen MR) is 126 cm³/mol. The summed E-state index contributed by atoms with van der Waals surface area (Å²) in [4.78, 5) is 12.4. The highest BCUT2D eigenvalue weighted by Crippen LogP contribution is 2.27. The molecule has 0 aliphatic carbocycles. The van der Waals surface area contributed by atoms with Crippen LogP contribution in [0.25, 0.3) is 5.69 Å². The van der Waals surface area contributed by atoms with Crippen LogP contribution in [0.3, 0.4) is 0 Å². The molecule has 0 unspecified atom stereocenters. The van der Waals surface area contributed by atoms with E-state index in [-0.39, 0.29) is 17.8 Å². The molecule has 4 rings (SSSR count). The van der Waals surface area contributed by atoms with Crippen molar-refractivity contribution in [2.24, 2.45) is 0 Å². The van der Waals surface area contributed by atoms with Gasteiger partial charge in [0.1, 0.15) is 5.75 Å². The fourth-order valence-electron chi connectivity index (χ4n) is 3.19. The van der Waals surface area contributed by atoms with Gasteiger partial charge in [0, 0.05) is 12.2 Å². The van der Waals surface area contributed by atoms with Crippen LogP contribution in [0.2, 0.25) is 0 Å². The quantitative estimate of drug-likeness (QED) is 0.375. The van der Waals surface area contributed by atoms with E-state index in [9.17, 15) is 4.79 Å². The molecule has 32 heavy (non-hydrogen) atoms. The lowest BCUT2D eigenvalue weighted by atomic mass is 10.2. The summed E-state index contributed by atoms with van der Waals surface area (Å²) in [7, 11) is 0. The Bertz CT molecular complexity index is 1130. The molecule has 7 heteroatoms. The molecule has 1 N–H and O–H groups in total. The Labute approximate surface area is 191 Å². The van der Waals surface area contributed by atoms with Gasteiger partial charge < -0.3 is 10.1 Å². The molecule has 1 amide bonds. The van der Waals surface area contributed by atoms with Crippen LogP contribution in [0.5, 0.6) is 5.75 Å². The topological polar surface area (TPSA) is 69.0 Å². The molecule has 0 spiro atoms. The number of carbonyl (C=O) groups is 1. The summed E-state index contributed by atoms with van der Waals surface area (Å²) in [6.07, 6.45) is -0.327. The van der Waals surface area contributed by atoms with Crippen molar-refractivity contribution < 1.29 is 9.53 Å². The van der Waals surface area contributed by atoms with E-state index in [0.29, 0.717) is 17.5 Å². The highest BCUT2D eigenvalue weighted by Gasteiger charge is 2.21. The van der Waals surface area contributed by atoms with E-state index in [0.717, 1.165) is 17.0 Å². The molecule has 1 atom stereocenters. The second-order valence-corrected chi connectivity index (χ2v) is 8.08. The average Bonchev–Trinajstić information content (AvgIpc) is 3.27. The maximum atomic E-state index is 12.4. The smallest absolute Gasteiger partial charge is 0.230 e. The van der Waals surface area contributed by atoms with Crippen LogP contribution < -0.4 is 10.1 Å². The largest absolute Gasteiger partial charge is 0.483 e. The van der Waals surface area contributed by atoms with E-state index in [2.05, 4.69) is 15.5 Å². The van der Waals surface area contributed by atoms with Crippen LogP contribution in [0.4, 0.5) is 0 Å². The summed E-state index contributed by atoms with van der Waals surface area (Å²) in [5.41, 5.74) is 1.98. The number of carbonyl (C=O) groups excluding carboxylic acids is 1. The van der Waals surface area contributed by atoms with Gasteiger partial charge in [-0.05, 0) is 36.8 Å².